The van der Waals surface area contributed by atoms with Gasteiger partial charge in [0.05, 0.1) is 44.5 Å². The normalized spacial score (nSPS) is 18.6. The number of hydrogen-bond acceptors (Lipinski definition) is 13. The van der Waals surface area contributed by atoms with E-state index in [1.165, 1.54) is 26.0 Å². The highest BCUT2D eigenvalue weighted by Gasteiger charge is 2.38. The second kappa shape index (κ2) is 25.2. The molecule has 8 heterocycles. The minimum absolute atomic E-state index is 0.0338. The molecule has 0 bridgehead atoms. The molecule has 0 aromatic carbocycles. The van der Waals surface area contributed by atoms with Crippen LogP contribution in [0.2, 0.25) is 0 Å². The van der Waals surface area contributed by atoms with Crippen LogP contribution < -0.4 is 35.2 Å². The number of halogens is 3. The number of carbonyl (C=O) groups excluding carboxylic acids is 2. The smallest absolute Gasteiger partial charge is 0.418 e. The number of anilines is 2. The molecule has 18 nitrogen and oxygen atoms in total. The number of urea groups is 1. The Morgan fingerprint density at radius 2 is 1.14 bits per heavy atom. The molecule has 2 fully saturated rings. The van der Waals surface area contributed by atoms with Gasteiger partial charge >= 0.3 is 18.3 Å². The van der Waals surface area contributed by atoms with Crippen molar-refractivity contribution in [1.29, 1.82) is 10.8 Å². The fourth-order valence-electron chi connectivity index (χ4n) is 8.70. The largest absolute Gasteiger partial charge is 0.474 e. The van der Waals surface area contributed by atoms with Gasteiger partial charge in [0.2, 0.25) is 11.8 Å². The van der Waals surface area contributed by atoms with Crippen molar-refractivity contribution in [3.05, 3.63) is 57.2 Å². The first-order chi connectivity index (χ1) is 33.2. The summed E-state index contributed by atoms with van der Waals surface area (Å²) in [7, 11) is 2.93. The molecular formula is C48H72F3N11O7. The maximum absolute atomic E-state index is 13.6. The van der Waals surface area contributed by atoms with E-state index in [1.807, 2.05) is 52.5 Å². The molecule has 0 aliphatic carbocycles. The Balaban J connectivity index is 0.000000241. The number of hydrogen-bond donors (Lipinski definition) is 5. The van der Waals surface area contributed by atoms with E-state index in [2.05, 4.69) is 25.9 Å². The van der Waals surface area contributed by atoms with E-state index in [4.69, 9.17) is 34.5 Å². The zero-order valence-corrected chi connectivity index (χ0v) is 41.7. The molecule has 6 aliphatic heterocycles. The number of aryl methyl sites for hydroxylation is 3. The molecule has 0 spiro atoms. The summed E-state index contributed by atoms with van der Waals surface area (Å²) in [6, 6.07) is 3.25. The number of fused-ring (bicyclic) bond motifs is 2. The van der Waals surface area contributed by atoms with Crippen molar-refractivity contribution in [3.63, 3.8) is 0 Å². The van der Waals surface area contributed by atoms with Gasteiger partial charge in [0, 0.05) is 99.7 Å². The van der Waals surface area contributed by atoms with Crippen LogP contribution >= 0.6 is 0 Å². The summed E-state index contributed by atoms with van der Waals surface area (Å²) in [5.41, 5.74) is 5.08. The molecule has 0 saturated carbocycles. The third kappa shape index (κ3) is 13.3. The van der Waals surface area contributed by atoms with E-state index >= 15 is 0 Å². The number of pyridine rings is 2. The molecule has 2 aromatic rings. The summed E-state index contributed by atoms with van der Waals surface area (Å²) in [5.74, 6) is 1.03. The highest BCUT2D eigenvalue weighted by Crippen LogP contribution is 2.40. The topological polar surface area (TPSA) is 203 Å². The highest BCUT2D eigenvalue weighted by atomic mass is 19.4. The van der Waals surface area contributed by atoms with Gasteiger partial charge in [-0.15, -0.1) is 0 Å². The van der Waals surface area contributed by atoms with Gasteiger partial charge in [-0.1, -0.05) is 27.7 Å². The molecule has 69 heavy (non-hydrogen) atoms. The Kier molecular flexibility index (Phi) is 19.7. The summed E-state index contributed by atoms with van der Waals surface area (Å²) in [6.45, 7) is 19.0. The molecular weight excluding hydrogens is 900 g/mol. The minimum Gasteiger partial charge on any atom is -0.474 e. The predicted octanol–water partition coefficient (Wildman–Crippen LogP) is 7.07. The van der Waals surface area contributed by atoms with Gasteiger partial charge < -0.3 is 59.2 Å². The minimum atomic E-state index is -4.58. The Hall–Kier alpha value is -5.83. The van der Waals surface area contributed by atoms with Crippen LogP contribution in [0.15, 0.2) is 34.7 Å². The molecule has 0 radical (unpaired) electrons. The molecule has 3 amide bonds. The van der Waals surface area contributed by atoms with Crippen LogP contribution in [0.4, 0.5) is 34.1 Å². The van der Waals surface area contributed by atoms with Crippen LogP contribution in [0.3, 0.4) is 0 Å². The molecule has 2 saturated heterocycles. The molecule has 21 heteroatoms. The van der Waals surface area contributed by atoms with Crippen molar-refractivity contribution in [1.82, 2.24) is 35.7 Å². The first kappa shape index (κ1) is 54.1. The standard InChI is InChI=1S/C22H29F3N6O3.C22H31N5O4.2C2H6/c1-13-16(22(23,24)25)11-18-20(28-13)34-10-7-31(18)19(26)15-12-30(21(32)27-2)6-3-17(15)29-14-4-8-33-9-5-14;1-14-12-19-21(24-15(14)2)31-11-8-27(19)20(23)17-13-26(22(28)29-3)7-4-18(17)25-16-5-9-30-10-6-16;2*1-2/h11,14,26,29H,3-10,12H2,1-2H3,(H,27,32);12,16,23,25H,4-11,13H2,1-3H3;2*1-2H3. The lowest BCUT2D eigenvalue weighted by Crippen LogP contribution is -2.49. The van der Waals surface area contributed by atoms with E-state index in [-0.39, 0.29) is 61.0 Å². The van der Waals surface area contributed by atoms with Gasteiger partial charge in [0.1, 0.15) is 36.3 Å². The van der Waals surface area contributed by atoms with Gasteiger partial charge in [-0.05, 0) is 64.2 Å². The first-order valence-corrected chi connectivity index (χ1v) is 24.1. The molecule has 5 N–H and O–H groups in total. The number of nitrogens with zero attached hydrogens (tertiary/aromatic N) is 6. The van der Waals surface area contributed by atoms with E-state index in [0.717, 1.165) is 78.9 Å². The fraction of sp³-hybridized carbons (Fsp3) is 0.625. The molecule has 6 aliphatic rings. The zero-order valence-electron chi connectivity index (χ0n) is 41.7. The van der Waals surface area contributed by atoms with Crippen LogP contribution in [0.25, 0.3) is 0 Å². The summed E-state index contributed by atoms with van der Waals surface area (Å²) in [4.78, 5) is 39.8. The van der Waals surface area contributed by atoms with Gasteiger partial charge in [0.15, 0.2) is 0 Å². The number of amides is 3. The van der Waals surface area contributed by atoms with Crippen molar-refractivity contribution in [3.8, 4) is 11.8 Å². The summed E-state index contributed by atoms with van der Waals surface area (Å²) in [5, 5.41) is 27.9. The van der Waals surface area contributed by atoms with E-state index in [9.17, 15) is 22.8 Å². The second-order valence-electron chi connectivity index (χ2n) is 16.7. The number of alkyl halides is 3. The third-order valence-electron chi connectivity index (χ3n) is 12.5. The number of aromatic nitrogens is 2. The van der Waals surface area contributed by atoms with Crippen molar-refractivity contribution in [2.45, 2.75) is 105 Å². The Bertz CT molecular complexity index is 2190. The van der Waals surface area contributed by atoms with Gasteiger partial charge in [-0.3, -0.25) is 10.8 Å². The van der Waals surface area contributed by atoms with Gasteiger partial charge in [0.25, 0.3) is 0 Å². The van der Waals surface area contributed by atoms with E-state index in [1.54, 1.807) is 9.80 Å². The lowest BCUT2D eigenvalue weighted by molar-refractivity contribution is -0.138. The number of methoxy groups -OCH3 is 1. The second-order valence-corrected chi connectivity index (χ2v) is 16.7. The Morgan fingerprint density at radius 3 is 1.61 bits per heavy atom. The molecule has 8 rings (SSSR count). The number of nitrogens with one attached hydrogen (secondary N) is 5. The van der Waals surface area contributed by atoms with Gasteiger partial charge in [-0.25, -0.2) is 19.6 Å². The van der Waals surface area contributed by atoms with E-state index < -0.39 is 11.7 Å². The highest BCUT2D eigenvalue weighted by molar-refractivity contribution is 6.10. The molecule has 382 valence electrons. The van der Waals surface area contributed by atoms with Crippen molar-refractivity contribution >= 4 is 35.2 Å². The number of ether oxygens (including phenoxy) is 5. The van der Waals surface area contributed by atoms with Crippen molar-refractivity contribution < 1.29 is 46.4 Å². The molecule has 0 atom stereocenters. The number of amidine groups is 2. The van der Waals surface area contributed by atoms with Crippen LogP contribution in [0, 0.1) is 31.6 Å². The third-order valence-corrected chi connectivity index (χ3v) is 12.5. The Labute approximate surface area is 404 Å². The van der Waals surface area contributed by atoms with Crippen LogP contribution in [-0.4, -0.2) is 149 Å². The van der Waals surface area contributed by atoms with Crippen LogP contribution in [0.1, 0.15) is 88.7 Å². The number of carbonyl (C=O) groups is 2. The van der Waals surface area contributed by atoms with Crippen LogP contribution in [-0.2, 0) is 20.4 Å². The maximum Gasteiger partial charge on any atom is 0.418 e. The SMILES string of the molecule is CC.CC.CNC(=O)N1CCC(NC2CCOCC2)=C(C(=N)N2CCOc3nc(C)c(C(F)(F)F)cc32)C1.COC(=O)N1CCC(NC2CCOCC2)=C(C(=N)N2CCOc3nc(C)c(C)cc32)C1. The lowest BCUT2D eigenvalue weighted by Gasteiger charge is -2.38. The Morgan fingerprint density at radius 1 is 0.696 bits per heavy atom. The predicted molar refractivity (Wildman–Crippen MR) is 259 cm³/mol. The quantitative estimate of drug-likeness (QED) is 0.145. The average molecular weight is 972 g/mol. The lowest BCUT2D eigenvalue weighted by atomic mass is 10.0. The first-order valence-electron chi connectivity index (χ1n) is 24.1. The molecule has 0 unspecified atom stereocenters. The summed E-state index contributed by atoms with van der Waals surface area (Å²) >= 11 is 0. The monoisotopic (exact) mass is 972 g/mol. The summed E-state index contributed by atoms with van der Waals surface area (Å²) < 4.78 is 67.9. The summed E-state index contributed by atoms with van der Waals surface area (Å²) in [6.07, 6.45) is -0.254. The van der Waals surface area contributed by atoms with Crippen LogP contribution in [0.5, 0.6) is 11.8 Å². The maximum atomic E-state index is 13.6. The number of rotatable bonds is 6. The fourth-order valence-corrected chi connectivity index (χ4v) is 8.70. The zero-order chi connectivity index (χ0) is 50.4. The van der Waals surface area contributed by atoms with Crippen molar-refractivity contribution in [2.24, 2.45) is 0 Å². The molecule has 2 aromatic heterocycles. The van der Waals surface area contributed by atoms with Gasteiger partial charge in [-0.2, -0.15) is 13.2 Å². The average Bonchev–Trinajstić information content (AvgIpc) is 3.37. The van der Waals surface area contributed by atoms with Crippen molar-refractivity contribution in [2.75, 3.05) is 103 Å². The van der Waals surface area contributed by atoms with E-state index in [0.29, 0.717) is 82.2 Å².